The van der Waals surface area contributed by atoms with Crippen molar-refractivity contribution < 1.29 is 9.59 Å². The van der Waals surface area contributed by atoms with Gasteiger partial charge in [0, 0.05) is 12.5 Å². The highest BCUT2D eigenvalue weighted by atomic mass is 16.2. The van der Waals surface area contributed by atoms with E-state index in [9.17, 15) is 9.59 Å². The van der Waals surface area contributed by atoms with Crippen LogP contribution in [0.3, 0.4) is 0 Å². The number of hydrazine groups is 1. The number of nitrogens with zero attached hydrogens (tertiary/aromatic N) is 2. The number of carbonyl (C=O) groups excluding carboxylic acids is 2. The second-order valence-electron chi connectivity index (χ2n) is 7.10. The first kappa shape index (κ1) is 18.6. The van der Waals surface area contributed by atoms with Gasteiger partial charge in [-0.2, -0.15) is 5.26 Å². The van der Waals surface area contributed by atoms with E-state index < -0.39 is 0 Å². The average Bonchev–Trinajstić information content (AvgIpc) is 2.61. The summed E-state index contributed by atoms with van der Waals surface area (Å²) in [7, 11) is 0. The number of rotatable bonds is 5. The number of amides is 3. The minimum absolute atomic E-state index is 0.110. The molecule has 0 spiro atoms. The van der Waals surface area contributed by atoms with E-state index >= 15 is 0 Å². The summed E-state index contributed by atoms with van der Waals surface area (Å²) in [6.45, 7) is -0.110. The van der Waals surface area contributed by atoms with Crippen molar-refractivity contribution in [3.63, 3.8) is 0 Å². The van der Waals surface area contributed by atoms with Crippen LogP contribution in [-0.4, -0.2) is 29.5 Å². The van der Waals surface area contributed by atoms with Gasteiger partial charge in [0.2, 0.25) is 5.91 Å². The molecule has 2 N–H and O–H groups in total. The Labute approximate surface area is 144 Å². The van der Waals surface area contributed by atoms with Gasteiger partial charge in [0.1, 0.15) is 6.54 Å². The van der Waals surface area contributed by atoms with Crippen LogP contribution < -0.4 is 10.7 Å². The van der Waals surface area contributed by atoms with Crippen molar-refractivity contribution in [2.45, 2.75) is 83.1 Å². The number of nitriles is 1. The van der Waals surface area contributed by atoms with E-state index in [0.717, 1.165) is 32.1 Å². The van der Waals surface area contributed by atoms with Crippen LogP contribution in [0.15, 0.2) is 0 Å². The molecule has 0 aromatic rings. The van der Waals surface area contributed by atoms with Gasteiger partial charge in [-0.25, -0.2) is 15.2 Å². The molecule has 2 saturated carbocycles. The zero-order chi connectivity index (χ0) is 17.2. The lowest BCUT2D eigenvalue weighted by Crippen LogP contribution is -2.52. The van der Waals surface area contributed by atoms with E-state index in [4.69, 9.17) is 5.26 Å². The molecule has 6 heteroatoms. The molecule has 2 rings (SSSR count). The predicted molar refractivity (Wildman–Crippen MR) is 91.7 cm³/mol. The maximum Gasteiger partial charge on any atom is 0.333 e. The first-order valence-corrected chi connectivity index (χ1v) is 9.43. The fourth-order valence-electron chi connectivity index (χ4n) is 3.79. The minimum atomic E-state index is -0.372. The Morgan fingerprint density at radius 1 is 1.00 bits per heavy atom. The van der Waals surface area contributed by atoms with Gasteiger partial charge in [0.15, 0.2) is 0 Å². The average molecular weight is 334 g/mol. The molecule has 6 nitrogen and oxygen atoms in total. The molecular weight excluding hydrogens is 304 g/mol. The predicted octanol–water partition coefficient (Wildman–Crippen LogP) is 3.25. The van der Waals surface area contributed by atoms with Crippen LogP contribution in [0.5, 0.6) is 0 Å². The SMILES string of the molecule is N#CCN(NC(=O)NC1CCCCC1)C(=O)CCC1CCCCC1. The molecule has 2 aliphatic rings. The van der Waals surface area contributed by atoms with E-state index in [1.165, 1.54) is 43.5 Å². The Bertz CT molecular complexity index is 448. The third-order valence-electron chi connectivity index (χ3n) is 5.20. The van der Waals surface area contributed by atoms with Crippen LogP contribution in [0, 0.1) is 17.2 Å². The Balaban J connectivity index is 1.75. The van der Waals surface area contributed by atoms with E-state index in [1.54, 1.807) is 0 Å². The van der Waals surface area contributed by atoms with Crippen LogP contribution in [0.1, 0.15) is 77.0 Å². The number of urea groups is 1. The molecule has 2 aliphatic carbocycles. The zero-order valence-corrected chi connectivity index (χ0v) is 14.6. The molecule has 0 bridgehead atoms. The van der Waals surface area contributed by atoms with Crippen molar-refractivity contribution in [1.29, 1.82) is 5.26 Å². The molecule has 0 radical (unpaired) electrons. The van der Waals surface area contributed by atoms with E-state index in [2.05, 4.69) is 10.7 Å². The Hall–Kier alpha value is -1.77. The number of hydrogen-bond donors (Lipinski definition) is 2. The summed E-state index contributed by atoms with van der Waals surface area (Å²) in [5.41, 5.74) is 2.56. The second kappa shape index (κ2) is 10.2. The van der Waals surface area contributed by atoms with E-state index in [1.807, 2.05) is 6.07 Å². The van der Waals surface area contributed by atoms with Gasteiger partial charge in [0.05, 0.1) is 6.07 Å². The number of nitrogens with one attached hydrogen (secondary N) is 2. The third kappa shape index (κ3) is 6.38. The molecule has 134 valence electrons. The van der Waals surface area contributed by atoms with Crippen molar-refractivity contribution in [2.75, 3.05) is 6.54 Å². The van der Waals surface area contributed by atoms with Crippen molar-refractivity contribution in [1.82, 2.24) is 15.8 Å². The molecule has 0 heterocycles. The molecule has 0 saturated heterocycles. The summed E-state index contributed by atoms with van der Waals surface area (Å²) in [6, 6.07) is 1.77. The highest BCUT2D eigenvalue weighted by molar-refractivity contribution is 5.81. The molecule has 0 aromatic heterocycles. The molecule has 0 aliphatic heterocycles. The number of carbonyl (C=O) groups is 2. The van der Waals surface area contributed by atoms with Gasteiger partial charge in [-0.3, -0.25) is 4.79 Å². The summed E-state index contributed by atoms with van der Waals surface area (Å²) in [4.78, 5) is 24.4. The standard InChI is InChI=1S/C18H30N4O2/c19-13-14-22(17(23)12-11-15-7-3-1-4-8-15)21-18(24)20-16-9-5-2-6-10-16/h15-16H,1-12,14H2,(H2,20,21,24). The monoisotopic (exact) mass is 334 g/mol. The van der Waals surface area contributed by atoms with Crippen LogP contribution in [0.25, 0.3) is 0 Å². The summed E-state index contributed by atoms with van der Waals surface area (Å²) < 4.78 is 0. The van der Waals surface area contributed by atoms with Crippen molar-refractivity contribution in [3.05, 3.63) is 0 Å². The first-order valence-electron chi connectivity index (χ1n) is 9.43. The Morgan fingerprint density at radius 2 is 1.62 bits per heavy atom. The van der Waals surface area contributed by atoms with Crippen LogP contribution in [0.2, 0.25) is 0 Å². The lowest BCUT2D eigenvalue weighted by molar-refractivity contribution is -0.133. The van der Waals surface area contributed by atoms with Crippen molar-refractivity contribution in [2.24, 2.45) is 5.92 Å². The first-order chi connectivity index (χ1) is 11.7. The maximum atomic E-state index is 12.3. The fourth-order valence-corrected chi connectivity index (χ4v) is 3.79. The lowest BCUT2D eigenvalue weighted by atomic mass is 9.86. The van der Waals surface area contributed by atoms with Gasteiger partial charge in [-0.15, -0.1) is 0 Å². The van der Waals surface area contributed by atoms with Gasteiger partial charge in [-0.1, -0.05) is 51.4 Å². The van der Waals surface area contributed by atoms with E-state index in [0.29, 0.717) is 12.3 Å². The van der Waals surface area contributed by atoms with Gasteiger partial charge >= 0.3 is 6.03 Å². The quantitative estimate of drug-likeness (QED) is 0.598. The molecular formula is C18H30N4O2. The normalized spacial score (nSPS) is 19.3. The summed E-state index contributed by atoms with van der Waals surface area (Å²) in [5, 5.41) is 13.0. The Kier molecular flexibility index (Phi) is 7.87. The van der Waals surface area contributed by atoms with Gasteiger partial charge < -0.3 is 5.32 Å². The van der Waals surface area contributed by atoms with E-state index in [-0.39, 0.29) is 24.5 Å². The zero-order valence-electron chi connectivity index (χ0n) is 14.6. The molecule has 3 amide bonds. The second-order valence-corrected chi connectivity index (χ2v) is 7.10. The topological polar surface area (TPSA) is 85.2 Å². The molecule has 2 fully saturated rings. The summed E-state index contributed by atoms with van der Waals surface area (Å²) >= 11 is 0. The summed E-state index contributed by atoms with van der Waals surface area (Å²) in [6.07, 6.45) is 12.9. The highest BCUT2D eigenvalue weighted by Crippen LogP contribution is 2.27. The third-order valence-corrected chi connectivity index (χ3v) is 5.20. The molecule has 0 unspecified atom stereocenters. The largest absolute Gasteiger partial charge is 0.334 e. The highest BCUT2D eigenvalue weighted by Gasteiger charge is 2.21. The molecule has 0 aromatic carbocycles. The fraction of sp³-hybridized carbons (Fsp3) is 0.833. The van der Waals surface area contributed by atoms with Gasteiger partial charge in [-0.05, 0) is 25.2 Å². The smallest absolute Gasteiger partial charge is 0.333 e. The van der Waals surface area contributed by atoms with Crippen LogP contribution in [-0.2, 0) is 4.79 Å². The molecule has 0 atom stereocenters. The lowest BCUT2D eigenvalue weighted by Gasteiger charge is -2.26. The van der Waals surface area contributed by atoms with Crippen molar-refractivity contribution >= 4 is 11.9 Å². The van der Waals surface area contributed by atoms with Gasteiger partial charge in [0.25, 0.3) is 0 Å². The van der Waals surface area contributed by atoms with Crippen LogP contribution >= 0.6 is 0 Å². The number of hydrogen-bond acceptors (Lipinski definition) is 3. The minimum Gasteiger partial charge on any atom is -0.334 e. The maximum absolute atomic E-state index is 12.3. The summed E-state index contributed by atoms with van der Waals surface area (Å²) in [5.74, 6) is 0.448. The molecule has 24 heavy (non-hydrogen) atoms. The van der Waals surface area contributed by atoms with Crippen molar-refractivity contribution in [3.8, 4) is 6.07 Å². The Morgan fingerprint density at radius 3 is 2.25 bits per heavy atom. The van der Waals surface area contributed by atoms with Crippen LogP contribution in [0.4, 0.5) is 4.79 Å².